The maximum absolute atomic E-state index is 11.9. The van der Waals surface area contributed by atoms with Crippen LogP contribution in [0.25, 0.3) is 0 Å². The largest absolute Gasteiger partial charge is 0.382 e. The molecule has 1 aliphatic rings. The van der Waals surface area contributed by atoms with E-state index in [1.807, 2.05) is 12.1 Å². The van der Waals surface area contributed by atoms with Crippen molar-refractivity contribution in [3.8, 4) is 0 Å². The van der Waals surface area contributed by atoms with E-state index in [-0.39, 0.29) is 5.91 Å². The Hall–Kier alpha value is -1.62. The fourth-order valence-corrected chi connectivity index (χ4v) is 2.65. The van der Waals surface area contributed by atoms with Crippen molar-refractivity contribution in [2.45, 2.75) is 19.4 Å². The number of carbonyl (C=O) groups is 1. The van der Waals surface area contributed by atoms with Crippen LogP contribution in [-0.4, -0.2) is 61.0 Å². The van der Waals surface area contributed by atoms with Crippen LogP contribution in [0.2, 0.25) is 0 Å². The first-order valence-electron chi connectivity index (χ1n) is 7.10. The highest BCUT2D eigenvalue weighted by Gasteiger charge is 2.24. The van der Waals surface area contributed by atoms with Crippen LogP contribution >= 0.6 is 0 Å². The molecular weight excluding hydrogens is 252 g/mol. The average molecular weight is 276 g/mol. The van der Waals surface area contributed by atoms with Gasteiger partial charge < -0.3 is 15.1 Å². The lowest BCUT2D eigenvalue weighted by Gasteiger charge is -2.35. The average Bonchev–Trinajstić information content (AvgIpc) is 2.41. The number of piperidine rings is 1. The van der Waals surface area contributed by atoms with Crippen molar-refractivity contribution in [1.82, 2.24) is 14.8 Å². The molecule has 2 atom stereocenters. The quantitative estimate of drug-likeness (QED) is 0.909. The summed E-state index contributed by atoms with van der Waals surface area (Å²) in [7, 11) is 5.64. The lowest BCUT2D eigenvalue weighted by molar-refractivity contribution is 0.0822. The summed E-state index contributed by atoms with van der Waals surface area (Å²) in [5.74, 6) is 0.528. The zero-order valence-electron chi connectivity index (χ0n) is 12.8. The Morgan fingerprint density at radius 2 is 2.25 bits per heavy atom. The number of amides is 1. The second-order valence-electron chi connectivity index (χ2n) is 5.91. The molecular formula is C15H24N4O. The van der Waals surface area contributed by atoms with Crippen LogP contribution in [0.15, 0.2) is 18.3 Å². The number of rotatable bonds is 3. The van der Waals surface area contributed by atoms with E-state index >= 15 is 0 Å². The van der Waals surface area contributed by atoms with E-state index in [4.69, 9.17) is 0 Å². The van der Waals surface area contributed by atoms with Crippen molar-refractivity contribution in [2.75, 3.05) is 39.5 Å². The van der Waals surface area contributed by atoms with E-state index in [1.54, 1.807) is 25.2 Å². The van der Waals surface area contributed by atoms with Gasteiger partial charge in [-0.25, -0.2) is 0 Å². The number of aromatic nitrogens is 1. The van der Waals surface area contributed by atoms with Crippen molar-refractivity contribution in [3.63, 3.8) is 0 Å². The Labute approximate surface area is 121 Å². The lowest BCUT2D eigenvalue weighted by atomic mass is 9.94. The number of anilines is 1. The molecule has 1 amide bonds. The summed E-state index contributed by atoms with van der Waals surface area (Å²) in [5.41, 5.74) is 1.46. The second kappa shape index (κ2) is 6.22. The van der Waals surface area contributed by atoms with Crippen LogP contribution in [0.3, 0.4) is 0 Å². The number of likely N-dealkylation sites (tertiary alicyclic amines) is 1. The van der Waals surface area contributed by atoms with E-state index in [1.165, 1.54) is 0 Å². The van der Waals surface area contributed by atoms with Crippen molar-refractivity contribution in [3.05, 3.63) is 24.0 Å². The SMILES string of the molecule is CC1CN(C)CCC1Nc1ccnc(C(=O)N(C)C)c1. The molecule has 1 aliphatic heterocycles. The Bertz CT molecular complexity index is 475. The monoisotopic (exact) mass is 276 g/mol. The van der Waals surface area contributed by atoms with Crippen molar-refractivity contribution in [1.29, 1.82) is 0 Å². The van der Waals surface area contributed by atoms with E-state index in [0.29, 0.717) is 17.7 Å². The number of carbonyl (C=O) groups excluding carboxylic acids is 1. The Balaban J connectivity index is 2.06. The van der Waals surface area contributed by atoms with Gasteiger partial charge >= 0.3 is 0 Å². The predicted molar refractivity (Wildman–Crippen MR) is 80.9 cm³/mol. The zero-order valence-corrected chi connectivity index (χ0v) is 12.8. The molecule has 0 aromatic carbocycles. The summed E-state index contributed by atoms with van der Waals surface area (Å²) in [4.78, 5) is 20.0. The smallest absolute Gasteiger partial charge is 0.272 e. The first-order valence-corrected chi connectivity index (χ1v) is 7.10. The number of hydrogen-bond acceptors (Lipinski definition) is 4. The topological polar surface area (TPSA) is 48.5 Å². The van der Waals surface area contributed by atoms with Crippen LogP contribution in [0.5, 0.6) is 0 Å². The molecule has 1 saturated heterocycles. The molecule has 2 heterocycles. The molecule has 5 nitrogen and oxygen atoms in total. The van der Waals surface area contributed by atoms with Gasteiger partial charge in [-0.15, -0.1) is 0 Å². The first kappa shape index (κ1) is 14.8. The Kier molecular flexibility index (Phi) is 4.60. The van der Waals surface area contributed by atoms with Crippen molar-refractivity contribution < 1.29 is 4.79 Å². The number of nitrogens with zero attached hydrogens (tertiary/aromatic N) is 3. The molecule has 0 bridgehead atoms. The first-order chi connectivity index (χ1) is 9.47. The van der Waals surface area contributed by atoms with Crippen LogP contribution in [0.4, 0.5) is 5.69 Å². The Morgan fingerprint density at radius 3 is 2.90 bits per heavy atom. The standard InChI is InChI=1S/C15H24N4O/c1-11-10-19(4)8-6-13(11)17-12-5-7-16-14(9-12)15(20)18(2)3/h5,7,9,11,13H,6,8,10H2,1-4H3,(H,16,17). The number of pyridine rings is 1. The fraction of sp³-hybridized carbons (Fsp3) is 0.600. The summed E-state index contributed by atoms with van der Waals surface area (Å²) in [6.07, 6.45) is 2.82. The Morgan fingerprint density at radius 1 is 1.50 bits per heavy atom. The molecule has 2 unspecified atom stereocenters. The third-order valence-corrected chi connectivity index (χ3v) is 3.85. The van der Waals surface area contributed by atoms with Crippen molar-refractivity contribution >= 4 is 11.6 Å². The van der Waals surface area contributed by atoms with Gasteiger partial charge in [0.25, 0.3) is 5.91 Å². The molecule has 2 rings (SSSR count). The minimum Gasteiger partial charge on any atom is -0.382 e. The summed E-state index contributed by atoms with van der Waals surface area (Å²) < 4.78 is 0. The molecule has 110 valence electrons. The summed E-state index contributed by atoms with van der Waals surface area (Å²) in [6, 6.07) is 4.22. The predicted octanol–water partition coefficient (Wildman–Crippen LogP) is 1.54. The minimum atomic E-state index is -0.0647. The van der Waals surface area contributed by atoms with Crippen LogP contribution in [-0.2, 0) is 0 Å². The molecule has 0 aliphatic carbocycles. The number of hydrogen-bond donors (Lipinski definition) is 1. The van der Waals surface area contributed by atoms with Crippen molar-refractivity contribution in [2.24, 2.45) is 5.92 Å². The maximum atomic E-state index is 11.9. The summed E-state index contributed by atoms with van der Waals surface area (Å²) >= 11 is 0. The highest BCUT2D eigenvalue weighted by Crippen LogP contribution is 2.20. The summed E-state index contributed by atoms with van der Waals surface area (Å²) in [5, 5.41) is 3.55. The normalized spacial score (nSPS) is 23.4. The van der Waals surface area contributed by atoms with Gasteiger partial charge in [0.1, 0.15) is 5.69 Å². The van der Waals surface area contributed by atoms with E-state index in [9.17, 15) is 4.79 Å². The van der Waals surface area contributed by atoms with Crippen LogP contribution < -0.4 is 5.32 Å². The maximum Gasteiger partial charge on any atom is 0.272 e. The van der Waals surface area contributed by atoms with Gasteiger partial charge in [-0.3, -0.25) is 9.78 Å². The zero-order chi connectivity index (χ0) is 14.7. The molecule has 0 spiro atoms. The molecule has 1 aromatic rings. The van der Waals surface area contributed by atoms with E-state index in [2.05, 4.69) is 29.2 Å². The molecule has 20 heavy (non-hydrogen) atoms. The molecule has 1 fully saturated rings. The molecule has 5 heteroatoms. The second-order valence-corrected chi connectivity index (χ2v) is 5.91. The molecule has 1 aromatic heterocycles. The van der Waals surface area contributed by atoms with E-state index in [0.717, 1.165) is 25.2 Å². The molecule has 0 radical (unpaired) electrons. The highest BCUT2D eigenvalue weighted by molar-refractivity contribution is 5.92. The highest BCUT2D eigenvalue weighted by atomic mass is 16.2. The molecule has 1 N–H and O–H groups in total. The lowest BCUT2D eigenvalue weighted by Crippen LogP contribution is -2.43. The van der Waals surface area contributed by atoms with Crippen LogP contribution in [0.1, 0.15) is 23.8 Å². The van der Waals surface area contributed by atoms with Gasteiger partial charge in [0.15, 0.2) is 0 Å². The molecule has 0 saturated carbocycles. The van der Waals surface area contributed by atoms with Gasteiger partial charge in [-0.1, -0.05) is 6.92 Å². The minimum absolute atomic E-state index is 0.0647. The van der Waals surface area contributed by atoms with Crippen LogP contribution in [0, 0.1) is 5.92 Å². The van der Waals surface area contributed by atoms with Gasteiger partial charge in [0.05, 0.1) is 0 Å². The third kappa shape index (κ3) is 3.48. The van der Waals surface area contributed by atoms with Gasteiger partial charge in [-0.2, -0.15) is 0 Å². The van der Waals surface area contributed by atoms with Gasteiger partial charge in [-0.05, 0) is 38.1 Å². The summed E-state index contributed by atoms with van der Waals surface area (Å²) in [6.45, 7) is 4.48. The van der Waals surface area contributed by atoms with E-state index < -0.39 is 0 Å². The number of nitrogens with one attached hydrogen (secondary N) is 1. The van der Waals surface area contributed by atoms with Gasteiger partial charge in [0.2, 0.25) is 0 Å². The van der Waals surface area contributed by atoms with Gasteiger partial charge in [0, 0.05) is 38.6 Å². The third-order valence-electron chi connectivity index (χ3n) is 3.85. The fourth-order valence-electron chi connectivity index (χ4n) is 2.65.